The minimum Gasteiger partial charge on any atom is -0.479 e. The number of hydrogen-bond acceptors (Lipinski definition) is 7. The van der Waals surface area contributed by atoms with Crippen LogP contribution >= 0.6 is 11.6 Å². The molecule has 0 spiro atoms. The van der Waals surface area contributed by atoms with E-state index in [4.69, 9.17) is 25.6 Å². The van der Waals surface area contributed by atoms with Gasteiger partial charge in [0.2, 0.25) is 5.88 Å². The molecule has 1 aliphatic carbocycles. The molecule has 0 radical (unpaired) electrons. The van der Waals surface area contributed by atoms with Gasteiger partial charge in [0.15, 0.2) is 11.9 Å². The second-order valence-electron chi connectivity index (χ2n) is 7.88. The first-order valence-electron chi connectivity index (χ1n) is 10.5. The van der Waals surface area contributed by atoms with Crippen molar-refractivity contribution in [3.8, 4) is 17.2 Å². The van der Waals surface area contributed by atoms with Crippen molar-refractivity contribution in [2.24, 2.45) is 5.92 Å². The van der Waals surface area contributed by atoms with Gasteiger partial charge in [-0.15, -0.1) is 0 Å². The zero-order chi connectivity index (χ0) is 24.2. The lowest BCUT2D eigenvalue weighted by Crippen LogP contribution is -2.27. The summed E-state index contributed by atoms with van der Waals surface area (Å²) >= 11 is 6.12. The summed E-state index contributed by atoms with van der Waals surface area (Å²) in [5, 5.41) is 15.3. The molecule has 178 valence electrons. The van der Waals surface area contributed by atoms with Gasteiger partial charge in [-0.05, 0) is 36.6 Å². The minimum atomic E-state index is -1.06. The zero-order valence-corrected chi connectivity index (χ0v) is 18.8. The van der Waals surface area contributed by atoms with Gasteiger partial charge in [0.1, 0.15) is 11.8 Å². The van der Waals surface area contributed by atoms with E-state index in [0.717, 1.165) is 12.8 Å². The molecule has 2 heterocycles. The smallest absolute Gasteiger partial charge is 0.412 e. The molecule has 1 aromatic carbocycles. The summed E-state index contributed by atoms with van der Waals surface area (Å²) in [6.07, 6.45) is 1.06. The van der Waals surface area contributed by atoms with Crippen molar-refractivity contribution in [3.63, 3.8) is 0 Å². The number of anilines is 1. The molecule has 4 rings (SSSR count). The number of carbonyl (C=O) groups is 2. The highest BCUT2D eigenvalue weighted by Crippen LogP contribution is 2.35. The van der Waals surface area contributed by atoms with Crippen LogP contribution < -0.4 is 10.1 Å². The van der Waals surface area contributed by atoms with E-state index in [2.05, 4.69) is 15.5 Å². The lowest BCUT2D eigenvalue weighted by Gasteiger charge is -2.15. The maximum atomic E-state index is 14.2. The normalized spacial score (nSPS) is 14.8. The number of nitrogens with zero attached hydrogens (tertiary/aromatic N) is 2. The molecule has 0 saturated heterocycles. The van der Waals surface area contributed by atoms with Crippen LogP contribution in [0.5, 0.6) is 5.88 Å². The molecule has 1 saturated carbocycles. The third-order valence-electron chi connectivity index (χ3n) is 5.29. The summed E-state index contributed by atoms with van der Waals surface area (Å²) in [7, 11) is 0. The highest BCUT2D eigenvalue weighted by atomic mass is 35.5. The highest BCUT2D eigenvalue weighted by molar-refractivity contribution is 6.31. The number of carboxylic acids is 1. The average Bonchev–Trinajstić information content (AvgIpc) is 3.56. The van der Waals surface area contributed by atoms with Crippen LogP contribution in [-0.4, -0.2) is 33.4 Å². The number of pyridine rings is 1. The Hall–Kier alpha value is -3.66. The van der Waals surface area contributed by atoms with Crippen molar-refractivity contribution in [2.75, 3.05) is 5.32 Å². The fourth-order valence-corrected chi connectivity index (χ4v) is 3.61. The molecule has 0 bridgehead atoms. The van der Waals surface area contributed by atoms with Crippen molar-refractivity contribution >= 4 is 29.4 Å². The van der Waals surface area contributed by atoms with Crippen molar-refractivity contribution in [3.05, 3.63) is 59.1 Å². The van der Waals surface area contributed by atoms with Crippen LogP contribution in [0.25, 0.3) is 11.3 Å². The first kappa shape index (κ1) is 23.5. The number of carboxylic acid groups (broad SMARTS) is 1. The first-order valence-corrected chi connectivity index (χ1v) is 10.9. The van der Waals surface area contributed by atoms with E-state index in [1.807, 2.05) is 0 Å². The molecule has 1 aliphatic rings. The van der Waals surface area contributed by atoms with Crippen LogP contribution in [0.1, 0.15) is 37.9 Å². The predicted molar refractivity (Wildman–Crippen MR) is 119 cm³/mol. The standard InChI is InChI=1S/C23H21ClFN3O6/c1-12(15-4-2-3-5-16(15)24)32-23(31)27-19-20(34-28-21(19)25)14-8-9-18(26-11-14)33-17(22(29)30)10-13-6-7-13/h2-5,8-9,11-13,17H,6-7,10H2,1H3,(H,27,31)(H,29,30). The largest absolute Gasteiger partial charge is 0.479 e. The summed E-state index contributed by atoms with van der Waals surface area (Å²) < 4.78 is 30.0. The van der Waals surface area contributed by atoms with Crippen LogP contribution in [0.4, 0.5) is 14.9 Å². The Bertz CT molecular complexity index is 1180. The second-order valence-corrected chi connectivity index (χ2v) is 8.29. The second kappa shape index (κ2) is 10.1. The number of amides is 1. The molecule has 2 N–H and O–H groups in total. The average molecular weight is 490 g/mol. The van der Waals surface area contributed by atoms with Gasteiger partial charge in [0.25, 0.3) is 5.95 Å². The Morgan fingerprint density at radius 2 is 2.06 bits per heavy atom. The topological polar surface area (TPSA) is 124 Å². The maximum Gasteiger partial charge on any atom is 0.412 e. The number of ether oxygens (including phenoxy) is 2. The highest BCUT2D eigenvalue weighted by Gasteiger charge is 2.31. The van der Waals surface area contributed by atoms with Gasteiger partial charge in [-0.25, -0.2) is 14.6 Å². The third kappa shape index (κ3) is 5.63. The number of carbonyl (C=O) groups excluding carboxylic acids is 1. The number of hydrogen-bond donors (Lipinski definition) is 2. The number of benzene rings is 1. The van der Waals surface area contributed by atoms with E-state index in [0.29, 0.717) is 22.9 Å². The van der Waals surface area contributed by atoms with E-state index in [1.54, 1.807) is 31.2 Å². The molecule has 2 atom stereocenters. The predicted octanol–water partition coefficient (Wildman–Crippen LogP) is 5.47. The molecule has 2 unspecified atom stereocenters. The van der Waals surface area contributed by atoms with Gasteiger partial charge in [-0.3, -0.25) is 5.32 Å². The number of aliphatic carboxylic acids is 1. The molecule has 2 aromatic heterocycles. The van der Waals surface area contributed by atoms with Crippen LogP contribution in [-0.2, 0) is 9.53 Å². The first-order chi connectivity index (χ1) is 16.3. The van der Waals surface area contributed by atoms with Gasteiger partial charge in [-0.2, -0.15) is 4.39 Å². The van der Waals surface area contributed by atoms with Crippen LogP contribution in [0.15, 0.2) is 47.1 Å². The van der Waals surface area contributed by atoms with E-state index in [1.165, 1.54) is 18.3 Å². The van der Waals surface area contributed by atoms with Crippen LogP contribution in [0.3, 0.4) is 0 Å². The molecule has 1 amide bonds. The Kier molecular flexibility index (Phi) is 6.97. The van der Waals surface area contributed by atoms with Gasteiger partial charge in [0, 0.05) is 28.4 Å². The number of halogens is 2. The van der Waals surface area contributed by atoms with E-state index in [-0.39, 0.29) is 22.9 Å². The number of rotatable bonds is 9. The molecular weight excluding hydrogens is 469 g/mol. The Morgan fingerprint density at radius 1 is 1.29 bits per heavy atom. The Labute approximate surface area is 198 Å². The molecular formula is C23H21ClFN3O6. The van der Waals surface area contributed by atoms with E-state index >= 15 is 0 Å². The molecule has 34 heavy (non-hydrogen) atoms. The summed E-state index contributed by atoms with van der Waals surface area (Å²) in [5.74, 6) is -1.75. The van der Waals surface area contributed by atoms with Gasteiger partial charge in [-0.1, -0.05) is 42.6 Å². The van der Waals surface area contributed by atoms with Crippen LogP contribution in [0, 0.1) is 11.9 Å². The Balaban J connectivity index is 1.44. The molecule has 9 nitrogen and oxygen atoms in total. The summed E-state index contributed by atoms with van der Waals surface area (Å²) in [6, 6.07) is 9.79. The number of nitrogens with one attached hydrogen (secondary N) is 1. The molecule has 0 aliphatic heterocycles. The number of aromatic nitrogens is 2. The van der Waals surface area contributed by atoms with E-state index < -0.39 is 30.2 Å². The lowest BCUT2D eigenvalue weighted by molar-refractivity contribution is -0.145. The zero-order valence-electron chi connectivity index (χ0n) is 18.0. The van der Waals surface area contributed by atoms with Gasteiger partial charge < -0.3 is 19.1 Å². The monoisotopic (exact) mass is 489 g/mol. The maximum absolute atomic E-state index is 14.2. The lowest BCUT2D eigenvalue weighted by atomic mass is 10.1. The van der Waals surface area contributed by atoms with Gasteiger partial charge >= 0.3 is 12.1 Å². The Morgan fingerprint density at radius 3 is 2.71 bits per heavy atom. The fraction of sp³-hybridized carbons (Fsp3) is 0.304. The molecule has 1 fully saturated rings. The van der Waals surface area contributed by atoms with Crippen molar-refractivity contribution in [1.29, 1.82) is 0 Å². The summed E-state index contributed by atoms with van der Waals surface area (Å²) in [4.78, 5) is 27.9. The fourth-order valence-electron chi connectivity index (χ4n) is 3.32. The molecule has 3 aromatic rings. The van der Waals surface area contributed by atoms with Gasteiger partial charge in [0.05, 0.1) is 0 Å². The SMILES string of the molecule is CC(OC(=O)Nc1c(F)noc1-c1ccc(OC(CC2CC2)C(=O)O)nc1)c1ccccc1Cl. The van der Waals surface area contributed by atoms with Crippen molar-refractivity contribution < 1.29 is 33.1 Å². The van der Waals surface area contributed by atoms with Crippen LogP contribution in [0.2, 0.25) is 5.02 Å². The third-order valence-corrected chi connectivity index (χ3v) is 5.63. The molecule has 11 heteroatoms. The summed E-state index contributed by atoms with van der Waals surface area (Å²) in [5.41, 5.74) is 0.544. The summed E-state index contributed by atoms with van der Waals surface area (Å²) in [6.45, 7) is 1.63. The minimum absolute atomic E-state index is 0.0911. The van der Waals surface area contributed by atoms with Crippen molar-refractivity contribution in [1.82, 2.24) is 10.1 Å². The van der Waals surface area contributed by atoms with E-state index in [9.17, 15) is 19.1 Å². The quantitative estimate of drug-likeness (QED) is 0.405. The van der Waals surface area contributed by atoms with Crippen molar-refractivity contribution in [2.45, 2.75) is 38.4 Å².